The molecule has 1 aliphatic heterocycles. The van der Waals surface area contributed by atoms with E-state index >= 15 is 0 Å². The lowest BCUT2D eigenvalue weighted by Gasteiger charge is -2.32. The Kier molecular flexibility index (Phi) is 3.39. The van der Waals surface area contributed by atoms with Gasteiger partial charge in [-0.05, 0) is 13.1 Å². The van der Waals surface area contributed by atoms with Crippen LogP contribution in [0, 0.1) is 0 Å². The fourth-order valence-electron chi connectivity index (χ4n) is 1.76. The summed E-state index contributed by atoms with van der Waals surface area (Å²) in [6.45, 7) is 5.49. The molecule has 0 amide bonds. The summed E-state index contributed by atoms with van der Waals surface area (Å²) < 4.78 is 0. The quantitative estimate of drug-likeness (QED) is 0.608. The molecule has 3 nitrogen and oxygen atoms in total. The topological polar surface area (TPSA) is 19.4 Å². The van der Waals surface area contributed by atoms with Gasteiger partial charge in [-0.2, -0.15) is 0 Å². The predicted molar refractivity (Wildman–Crippen MR) is 62.4 cm³/mol. The minimum absolute atomic E-state index is 0.733. The number of hydrogen-bond donors (Lipinski definition) is 0. The van der Waals surface area contributed by atoms with Crippen LogP contribution in [0.5, 0.6) is 0 Å². The summed E-state index contributed by atoms with van der Waals surface area (Å²) in [5, 5.41) is 0. The highest BCUT2D eigenvalue weighted by molar-refractivity contribution is 6.31. The molecular weight excluding hydrogens is 185 g/mol. The van der Waals surface area contributed by atoms with E-state index in [1.165, 1.54) is 0 Å². The van der Waals surface area contributed by atoms with Crippen molar-refractivity contribution in [1.29, 1.82) is 0 Å². The molecule has 78 valence electrons. The van der Waals surface area contributed by atoms with Crippen LogP contribution in [0.15, 0.2) is 18.3 Å². The standard InChI is InChI=1S/C11H16BN3/c1-14-4-6-15(7-5-14)9-11-3-2-10(12)8-13-11/h2-3,8H,4-7,9H2,1H3. The molecule has 1 fully saturated rings. The zero-order valence-electron chi connectivity index (χ0n) is 9.19. The van der Waals surface area contributed by atoms with Crippen LogP contribution >= 0.6 is 0 Å². The second-order valence-electron chi connectivity index (χ2n) is 4.16. The highest BCUT2D eigenvalue weighted by atomic mass is 15.2. The van der Waals surface area contributed by atoms with Crippen molar-refractivity contribution in [3.8, 4) is 0 Å². The smallest absolute Gasteiger partial charge is 0.115 e. The number of aromatic nitrogens is 1. The molecule has 1 saturated heterocycles. The van der Waals surface area contributed by atoms with Crippen LogP contribution in [0.25, 0.3) is 0 Å². The Hall–Kier alpha value is -0.865. The van der Waals surface area contributed by atoms with Gasteiger partial charge < -0.3 is 4.90 Å². The van der Waals surface area contributed by atoms with Crippen LogP contribution < -0.4 is 5.46 Å². The van der Waals surface area contributed by atoms with Crippen molar-refractivity contribution in [2.75, 3.05) is 33.2 Å². The molecule has 0 aliphatic carbocycles. The van der Waals surface area contributed by atoms with Crippen LogP contribution in [0.2, 0.25) is 0 Å². The lowest BCUT2D eigenvalue weighted by atomic mass is 9.99. The summed E-state index contributed by atoms with van der Waals surface area (Å²) >= 11 is 0. The summed E-state index contributed by atoms with van der Waals surface area (Å²) in [4.78, 5) is 9.09. The van der Waals surface area contributed by atoms with E-state index in [2.05, 4.69) is 21.8 Å². The Morgan fingerprint density at radius 3 is 2.60 bits per heavy atom. The minimum Gasteiger partial charge on any atom is -0.304 e. The van der Waals surface area contributed by atoms with E-state index in [0.717, 1.165) is 43.9 Å². The number of likely N-dealkylation sites (N-methyl/N-ethyl adjacent to an activating group) is 1. The van der Waals surface area contributed by atoms with Crippen molar-refractivity contribution in [1.82, 2.24) is 14.8 Å². The third-order valence-electron chi connectivity index (χ3n) is 2.83. The Morgan fingerprint density at radius 2 is 2.00 bits per heavy atom. The Morgan fingerprint density at radius 1 is 1.27 bits per heavy atom. The number of pyridine rings is 1. The van der Waals surface area contributed by atoms with Crippen molar-refractivity contribution < 1.29 is 0 Å². The van der Waals surface area contributed by atoms with Gasteiger partial charge in [-0.3, -0.25) is 9.88 Å². The average molecular weight is 201 g/mol. The summed E-state index contributed by atoms with van der Waals surface area (Å²) in [6, 6.07) is 3.92. The molecule has 2 rings (SSSR count). The highest BCUT2D eigenvalue weighted by Gasteiger charge is 2.13. The van der Waals surface area contributed by atoms with E-state index in [9.17, 15) is 0 Å². The fourth-order valence-corrected chi connectivity index (χ4v) is 1.76. The highest BCUT2D eigenvalue weighted by Crippen LogP contribution is 2.04. The Bertz CT molecular complexity index is 304. The molecule has 1 aromatic heterocycles. The van der Waals surface area contributed by atoms with Crippen molar-refractivity contribution in [3.63, 3.8) is 0 Å². The zero-order valence-corrected chi connectivity index (χ0v) is 9.19. The number of nitrogens with zero attached hydrogens (tertiary/aromatic N) is 3. The molecule has 0 bridgehead atoms. The first-order chi connectivity index (χ1) is 7.24. The van der Waals surface area contributed by atoms with Gasteiger partial charge in [0.25, 0.3) is 0 Å². The van der Waals surface area contributed by atoms with Gasteiger partial charge in [-0.25, -0.2) is 0 Å². The molecule has 0 spiro atoms. The molecule has 2 radical (unpaired) electrons. The van der Waals surface area contributed by atoms with Gasteiger partial charge in [0.05, 0.1) is 5.69 Å². The van der Waals surface area contributed by atoms with Crippen LogP contribution in [0.3, 0.4) is 0 Å². The monoisotopic (exact) mass is 201 g/mol. The second-order valence-corrected chi connectivity index (χ2v) is 4.16. The van der Waals surface area contributed by atoms with E-state index in [1.54, 1.807) is 6.20 Å². The van der Waals surface area contributed by atoms with Gasteiger partial charge in [0.1, 0.15) is 7.85 Å². The van der Waals surface area contributed by atoms with Gasteiger partial charge in [0, 0.05) is 38.9 Å². The normalized spacial score (nSPS) is 19.3. The lowest BCUT2D eigenvalue weighted by Crippen LogP contribution is -2.44. The average Bonchev–Trinajstić information content (AvgIpc) is 2.25. The Labute approximate surface area is 92.5 Å². The lowest BCUT2D eigenvalue weighted by molar-refractivity contribution is 0.147. The van der Waals surface area contributed by atoms with E-state index in [1.807, 2.05) is 12.1 Å². The number of piperazine rings is 1. The largest absolute Gasteiger partial charge is 0.304 e. The molecule has 0 unspecified atom stereocenters. The van der Waals surface area contributed by atoms with Crippen LogP contribution in [0.4, 0.5) is 0 Å². The molecule has 0 N–H and O–H groups in total. The summed E-state index contributed by atoms with van der Waals surface area (Å²) in [5.74, 6) is 0. The molecular formula is C11H16BN3. The third-order valence-corrected chi connectivity index (χ3v) is 2.83. The first-order valence-electron chi connectivity index (χ1n) is 5.35. The maximum Gasteiger partial charge on any atom is 0.115 e. The van der Waals surface area contributed by atoms with E-state index < -0.39 is 0 Å². The summed E-state index contributed by atoms with van der Waals surface area (Å²) in [6.07, 6.45) is 1.73. The van der Waals surface area contributed by atoms with Gasteiger partial charge in [-0.1, -0.05) is 11.5 Å². The van der Waals surface area contributed by atoms with E-state index in [0.29, 0.717) is 0 Å². The van der Waals surface area contributed by atoms with E-state index in [-0.39, 0.29) is 0 Å². The summed E-state index contributed by atoms with van der Waals surface area (Å²) in [5.41, 5.74) is 1.84. The Balaban J connectivity index is 1.89. The molecule has 1 aromatic rings. The van der Waals surface area contributed by atoms with Gasteiger partial charge >= 0.3 is 0 Å². The van der Waals surface area contributed by atoms with Gasteiger partial charge in [0.2, 0.25) is 0 Å². The minimum atomic E-state index is 0.733. The fraction of sp³-hybridized carbons (Fsp3) is 0.545. The van der Waals surface area contributed by atoms with Crippen molar-refractivity contribution in [2.24, 2.45) is 0 Å². The van der Waals surface area contributed by atoms with Crippen molar-refractivity contribution in [3.05, 3.63) is 24.0 Å². The van der Waals surface area contributed by atoms with Gasteiger partial charge in [0.15, 0.2) is 0 Å². The molecule has 4 heteroatoms. The van der Waals surface area contributed by atoms with Crippen molar-refractivity contribution in [2.45, 2.75) is 6.54 Å². The van der Waals surface area contributed by atoms with Crippen LogP contribution in [-0.2, 0) is 6.54 Å². The van der Waals surface area contributed by atoms with Crippen LogP contribution in [0.1, 0.15) is 5.69 Å². The maximum atomic E-state index is 5.60. The van der Waals surface area contributed by atoms with Gasteiger partial charge in [-0.15, -0.1) is 0 Å². The number of hydrogen-bond acceptors (Lipinski definition) is 3. The van der Waals surface area contributed by atoms with Crippen molar-refractivity contribution >= 4 is 13.3 Å². The molecule has 0 aromatic carbocycles. The molecule has 15 heavy (non-hydrogen) atoms. The van der Waals surface area contributed by atoms with E-state index in [4.69, 9.17) is 7.85 Å². The first kappa shape index (κ1) is 10.6. The number of rotatable bonds is 2. The first-order valence-corrected chi connectivity index (χ1v) is 5.35. The third kappa shape index (κ3) is 3.04. The molecule has 2 heterocycles. The molecule has 0 atom stereocenters. The second kappa shape index (κ2) is 4.77. The van der Waals surface area contributed by atoms with Crippen LogP contribution in [-0.4, -0.2) is 55.9 Å². The summed E-state index contributed by atoms with van der Waals surface area (Å²) in [7, 11) is 7.76. The zero-order chi connectivity index (χ0) is 10.7. The predicted octanol–water partition coefficient (Wildman–Crippen LogP) is -0.377. The molecule has 0 saturated carbocycles. The SMILES string of the molecule is [B]c1ccc(CN2CCN(C)CC2)nc1. The molecule has 1 aliphatic rings. The maximum absolute atomic E-state index is 5.60.